The Morgan fingerprint density at radius 1 is 0.447 bits per heavy atom. The zero-order chi connectivity index (χ0) is 27.7. The summed E-state index contributed by atoms with van der Waals surface area (Å²) < 4.78 is 1.78. The maximum Gasteiger partial charge on any atom is 0.255 e. The van der Waals surface area contributed by atoms with Crippen molar-refractivity contribution in [3.05, 3.63) is 128 Å². The number of carbonyl (C=O) groups is 4. The predicted octanol–water partition coefficient (Wildman–Crippen LogP) is 4.13. The number of hydrogen-bond acceptors (Lipinski definition) is 6. The highest BCUT2D eigenvalue weighted by atomic mass is 79.9. The molecule has 8 nitrogen and oxygen atoms in total. The van der Waals surface area contributed by atoms with E-state index in [0.29, 0.717) is 22.5 Å². The molecule has 0 unspecified atom stereocenters. The van der Waals surface area contributed by atoms with Gasteiger partial charge in [0.1, 0.15) is 0 Å². The number of rotatable bonds is 6. The van der Waals surface area contributed by atoms with E-state index in [-0.39, 0.29) is 22.9 Å². The minimum absolute atomic E-state index is 0.0710. The Balaban J connectivity index is 0.000000211. The third-order valence-electron chi connectivity index (χ3n) is 4.97. The van der Waals surface area contributed by atoms with Crippen LogP contribution in [0.5, 0.6) is 0 Å². The largest absolute Gasteiger partial charge is 0.545 e. The van der Waals surface area contributed by atoms with Gasteiger partial charge in [0.2, 0.25) is 0 Å². The maximum absolute atomic E-state index is 11.9. The van der Waals surface area contributed by atoms with Gasteiger partial charge in [0.15, 0.2) is 0 Å². The molecule has 0 aromatic heterocycles. The Labute approximate surface area is 234 Å². The lowest BCUT2D eigenvalue weighted by Crippen LogP contribution is -2.22. The first-order valence-electron chi connectivity index (χ1n) is 10.9. The van der Waals surface area contributed by atoms with E-state index >= 15 is 0 Å². The highest BCUT2D eigenvalue weighted by Gasteiger charge is 2.07. The summed E-state index contributed by atoms with van der Waals surface area (Å²) in [5.41, 5.74) is 2.23. The Morgan fingerprint density at radius 2 is 0.711 bits per heavy atom. The number of nitrogens with one attached hydrogen (secondary N) is 2. The van der Waals surface area contributed by atoms with Gasteiger partial charge >= 0.3 is 0 Å². The summed E-state index contributed by atoms with van der Waals surface area (Å²) in [7, 11) is 0. The van der Waals surface area contributed by atoms with Crippen LogP contribution < -0.4 is 20.8 Å². The zero-order valence-corrected chi connectivity index (χ0v) is 22.6. The first kappa shape index (κ1) is 28.3. The fraction of sp³-hybridized carbons (Fsp3) is 0. The van der Waals surface area contributed by atoms with Crippen LogP contribution in [0.1, 0.15) is 41.4 Å². The molecule has 0 aliphatic heterocycles. The minimum atomic E-state index is -1.24. The van der Waals surface area contributed by atoms with Crippen molar-refractivity contribution in [2.75, 3.05) is 10.6 Å². The topological polar surface area (TPSA) is 138 Å². The summed E-state index contributed by atoms with van der Waals surface area (Å²) in [5.74, 6) is -3.00. The van der Waals surface area contributed by atoms with Gasteiger partial charge < -0.3 is 30.4 Å². The molecule has 0 aliphatic carbocycles. The minimum Gasteiger partial charge on any atom is -0.545 e. The molecule has 0 radical (unpaired) electrons. The monoisotopic (exact) mass is 636 g/mol. The van der Waals surface area contributed by atoms with Crippen molar-refractivity contribution in [3.8, 4) is 0 Å². The van der Waals surface area contributed by atoms with E-state index in [2.05, 4.69) is 42.5 Å². The molecule has 0 bridgehead atoms. The van der Waals surface area contributed by atoms with Gasteiger partial charge in [0, 0.05) is 31.4 Å². The number of carboxylic acids is 2. The predicted molar refractivity (Wildman–Crippen MR) is 146 cm³/mol. The molecule has 0 saturated carbocycles. The normalized spacial score (nSPS) is 9.95. The number of halogens is 2. The van der Waals surface area contributed by atoms with Gasteiger partial charge in [0.25, 0.3) is 11.8 Å². The van der Waals surface area contributed by atoms with E-state index in [1.54, 1.807) is 48.5 Å². The van der Waals surface area contributed by atoms with Crippen molar-refractivity contribution in [3.63, 3.8) is 0 Å². The number of carbonyl (C=O) groups excluding carboxylic acids is 4. The molecule has 0 atom stereocenters. The summed E-state index contributed by atoms with van der Waals surface area (Å²) in [6.45, 7) is 0. The number of aromatic carboxylic acids is 2. The van der Waals surface area contributed by atoms with Crippen LogP contribution in [0.25, 0.3) is 0 Å². The molecule has 192 valence electrons. The third kappa shape index (κ3) is 8.39. The van der Waals surface area contributed by atoms with Crippen molar-refractivity contribution >= 4 is 67.0 Å². The van der Waals surface area contributed by atoms with Crippen molar-refractivity contribution in [1.29, 1.82) is 0 Å². The standard InChI is InChI=1S/2C14H10BrNO3/c2*15-11-5-1-9(2-6-11)13(17)16-12-7-3-10(4-8-12)14(18)19/h2*1-8H,(H,16,17)(H,18,19)/p-2. The number of carboxylic acid groups (broad SMARTS) is 2. The average Bonchev–Trinajstić information content (AvgIpc) is 2.90. The Morgan fingerprint density at radius 3 is 0.974 bits per heavy atom. The van der Waals surface area contributed by atoms with Crippen molar-refractivity contribution in [2.24, 2.45) is 0 Å². The summed E-state index contributed by atoms with van der Waals surface area (Å²) in [6, 6.07) is 25.4. The third-order valence-corrected chi connectivity index (χ3v) is 6.03. The first-order valence-corrected chi connectivity index (χ1v) is 12.5. The molecule has 38 heavy (non-hydrogen) atoms. The van der Waals surface area contributed by atoms with Crippen molar-refractivity contribution in [1.82, 2.24) is 0 Å². The fourth-order valence-electron chi connectivity index (χ4n) is 2.99. The average molecular weight is 638 g/mol. The van der Waals surface area contributed by atoms with E-state index in [0.717, 1.165) is 8.95 Å². The van der Waals surface area contributed by atoms with Gasteiger partial charge in [-0.05, 0) is 83.9 Å². The number of anilines is 2. The highest BCUT2D eigenvalue weighted by molar-refractivity contribution is 9.10. The second-order valence-corrected chi connectivity index (χ2v) is 9.48. The van der Waals surface area contributed by atoms with Crippen molar-refractivity contribution in [2.45, 2.75) is 0 Å². The molecule has 0 saturated heterocycles. The van der Waals surface area contributed by atoms with Crippen LogP contribution in [0.3, 0.4) is 0 Å². The molecular formula is C28H18Br2N2O6-2. The molecule has 0 fully saturated rings. The maximum atomic E-state index is 11.9. The molecule has 0 heterocycles. The number of hydrogen-bond donors (Lipinski definition) is 2. The quantitative estimate of drug-likeness (QED) is 0.326. The van der Waals surface area contributed by atoms with E-state index < -0.39 is 11.9 Å². The fourth-order valence-corrected chi connectivity index (χ4v) is 3.52. The van der Waals surface area contributed by atoms with E-state index in [1.807, 2.05) is 0 Å². The van der Waals surface area contributed by atoms with Crippen LogP contribution >= 0.6 is 31.9 Å². The van der Waals surface area contributed by atoms with Crippen LogP contribution in [-0.2, 0) is 0 Å². The van der Waals surface area contributed by atoms with Crippen molar-refractivity contribution < 1.29 is 29.4 Å². The molecule has 4 aromatic rings. The highest BCUT2D eigenvalue weighted by Crippen LogP contribution is 2.15. The molecule has 10 heteroatoms. The van der Waals surface area contributed by atoms with E-state index in [9.17, 15) is 29.4 Å². The molecule has 2 N–H and O–H groups in total. The summed E-state index contributed by atoms with van der Waals surface area (Å²) in [5, 5.41) is 26.5. The van der Waals surface area contributed by atoms with Gasteiger partial charge in [-0.3, -0.25) is 9.59 Å². The lowest BCUT2D eigenvalue weighted by molar-refractivity contribution is -0.256. The van der Waals surface area contributed by atoms with Gasteiger partial charge in [-0.25, -0.2) is 0 Å². The van der Waals surface area contributed by atoms with Gasteiger partial charge in [-0.2, -0.15) is 0 Å². The van der Waals surface area contributed by atoms with E-state index in [1.165, 1.54) is 48.5 Å². The van der Waals surface area contributed by atoms with E-state index in [4.69, 9.17) is 0 Å². The van der Waals surface area contributed by atoms with Crippen LogP contribution in [0.15, 0.2) is 106 Å². The summed E-state index contributed by atoms with van der Waals surface area (Å²) in [4.78, 5) is 44.9. The molecule has 0 aliphatic rings. The van der Waals surface area contributed by atoms with Crippen LogP contribution in [0, 0.1) is 0 Å². The summed E-state index contributed by atoms with van der Waals surface area (Å²) in [6.07, 6.45) is 0. The van der Waals surface area contributed by atoms with Crippen LogP contribution in [0.2, 0.25) is 0 Å². The zero-order valence-electron chi connectivity index (χ0n) is 19.4. The van der Waals surface area contributed by atoms with Gasteiger partial charge in [-0.1, -0.05) is 56.1 Å². The molecule has 2 amide bonds. The van der Waals surface area contributed by atoms with Gasteiger partial charge in [0.05, 0.1) is 11.9 Å². The van der Waals surface area contributed by atoms with Crippen LogP contribution in [0.4, 0.5) is 11.4 Å². The lowest BCUT2D eigenvalue weighted by atomic mass is 10.2. The Bertz CT molecular complexity index is 1320. The lowest BCUT2D eigenvalue weighted by Gasteiger charge is -2.07. The first-order chi connectivity index (χ1) is 18.1. The van der Waals surface area contributed by atoms with Crippen LogP contribution in [-0.4, -0.2) is 23.8 Å². The second-order valence-electron chi connectivity index (χ2n) is 7.65. The number of amides is 2. The molecule has 0 spiro atoms. The number of benzene rings is 4. The summed E-state index contributed by atoms with van der Waals surface area (Å²) >= 11 is 6.58. The second kappa shape index (κ2) is 13.3. The Kier molecular flexibility index (Phi) is 9.92. The van der Waals surface area contributed by atoms with Gasteiger partial charge in [-0.15, -0.1) is 0 Å². The molecular weight excluding hydrogens is 620 g/mol. The smallest absolute Gasteiger partial charge is 0.255 e. The SMILES string of the molecule is O=C([O-])c1ccc(NC(=O)c2ccc(Br)cc2)cc1.O=C([O-])c1ccc(NC(=O)c2ccc(Br)cc2)cc1. The molecule has 4 rings (SSSR count). The molecule has 4 aromatic carbocycles. The Hall–Kier alpha value is -4.28.